The van der Waals surface area contributed by atoms with Crippen LogP contribution in [0.4, 0.5) is 0 Å². The molecule has 1 aromatic heterocycles. The van der Waals surface area contributed by atoms with Crippen molar-refractivity contribution < 1.29 is 4.74 Å². The van der Waals surface area contributed by atoms with Gasteiger partial charge in [-0.2, -0.15) is 0 Å². The van der Waals surface area contributed by atoms with E-state index in [1.165, 1.54) is 6.33 Å². The van der Waals surface area contributed by atoms with Gasteiger partial charge in [-0.1, -0.05) is 6.92 Å². The second-order valence-corrected chi connectivity index (χ2v) is 4.00. The van der Waals surface area contributed by atoms with Crippen LogP contribution in [0.5, 0.6) is 0 Å². The van der Waals surface area contributed by atoms with E-state index in [9.17, 15) is 0 Å². The largest absolute Gasteiger partial charge is 0.374 e. The van der Waals surface area contributed by atoms with Crippen molar-refractivity contribution in [3.63, 3.8) is 0 Å². The Balaban J connectivity index is 2.01. The van der Waals surface area contributed by atoms with Gasteiger partial charge in [-0.3, -0.25) is 4.90 Å². The lowest BCUT2D eigenvalue weighted by Gasteiger charge is -2.35. The molecule has 0 saturated carbocycles. The molecular weight excluding hydrogens is 204 g/mol. The Kier molecular flexibility index (Phi) is 3.82. The van der Waals surface area contributed by atoms with Crippen molar-refractivity contribution in [3.8, 4) is 0 Å². The number of hydrogen-bond donors (Lipinski definition) is 1. The Morgan fingerprint density at radius 2 is 2.31 bits per heavy atom. The molecule has 88 valence electrons. The molecule has 1 fully saturated rings. The van der Waals surface area contributed by atoms with E-state index in [1.807, 2.05) is 0 Å². The molecule has 0 aromatic carbocycles. The van der Waals surface area contributed by atoms with Crippen LogP contribution in [-0.2, 0) is 4.74 Å². The minimum atomic E-state index is -0.143. The van der Waals surface area contributed by atoms with E-state index in [2.05, 4.69) is 21.8 Å². The first-order valence-corrected chi connectivity index (χ1v) is 5.65. The van der Waals surface area contributed by atoms with Gasteiger partial charge in [0.05, 0.1) is 18.8 Å². The Morgan fingerprint density at radius 3 is 3.00 bits per heavy atom. The first-order valence-electron chi connectivity index (χ1n) is 5.65. The van der Waals surface area contributed by atoms with Crippen LogP contribution in [0, 0.1) is 0 Å². The highest BCUT2D eigenvalue weighted by atomic mass is 16.5. The molecule has 16 heavy (non-hydrogen) atoms. The zero-order valence-corrected chi connectivity index (χ0v) is 9.54. The standard InChI is InChI=1S/C11H18N4O/c1-2-15-3-4-16-10(7-15)11(12)9-5-13-8-14-6-9/h5-6,8,10-11H,2-4,7,12H2,1H3. The van der Waals surface area contributed by atoms with Gasteiger partial charge in [-0.15, -0.1) is 0 Å². The molecule has 0 radical (unpaired) electrons. The highest BCUT2D eigenvalue weighted by Gasteiger charge is 2.26. The van der Waals surface area contributed by atoms with Gasteiger partial charge >= 0.3 is 0 Å². The van der Waals surface area contributed by atoms with Crippen LogP contribution in [0.15, 0.2) is 18.7 Å². The Labute approximate surface area is 95.6 Å². The SMILES string of the molecule is CCN1CCOC(C(N)c2cncnc2)C1. The summed E-state index contributed by atoms with van der Waals surface area (Å²) in [4.78, 5) is 10.3. The lowest BCUT2D eigenvalue weighted by Crippen LogP contribution is -2.46. The monoisotopic (exact) mass is 222 g/mol. The van der Waals surface area contributed by atoms with Crippen molar-refractivity contribution in [1.82, 2.24) is 14.9 Å². The van der Waals surface area contributed by atoms with Gasteiger partial charge in [-0.05, 0) is 6.54 Å². The first-order chi connectivity index (χ1) is 7.81. The lowest BCUT2D eigenvalue weighted by molar-refractivity contribution is -0.0393. The third-order valence-electron chi connectivity index (χ3n) is 2.99. The Hall–Kier alpha value is -1.04. The fourth-order valence-electron chi connectivity index (χ4n) is 1.93. The van der Waals surface area contributed by atoms with Crippen molar-refractivity contribution in [2.45, 2.75) is 19.1 Å². The Bertz CT molecular complexity index is 319. The van der Waals surface area contributed by atoms with Gasteiger partial charge in [0.25, 0.3) is 0 Å². The van der Waals surface area contributed by atoms with Crippen molar-refractivity contribution in [3.05, 3.63) is 24.3 Å². The third kappa shape index (κ3) is 2.55. The molecule has 1 aromatic rings. The van der Waals surface area contributed by atoms with Crippen LogP contribution >= 0.6 is 0 Å². The number of aromatic nitrogens is 2. The number of ether oxygens (including phenoxy) is 1. The number of rotatable bonds is 3. The zero-order valence-electron chi connectivity index (χ0n) is 9.54. The number of nitrogens with two attached hydrogens (primary N) is 1. The first kappa shape index (κ1) is 11.4. The maximum atomic E-state index is 6.15. The molecule has 5 heteroatoms. The van der Waals surface area contributed by atoms with Crippen LogP contribution in [0.3, 0.4) is 0 Å². The van der Waals surface area contributed by atoms with Gasteiger partial charge in [0, 0.05) is 31.0 Å². The molecule has 1 aliphatic heterocycles. The van der Waals surface area contributed by atoms with E-state index < -0.39 is 0 Å². The molecule has 0 amide bonds. The molecule has 0 bridgehead atoms. The van der Waals surface area contributed by atoms with E-state index in [1.54, 1.807) is 12.4 Å². The zero-order chi connectivity index (χ0) is 11.4. The highest BCUT2D eigenvalue weighted by Crippen LogP contribution is 2.18. The second-order valence-electron chi connectivity index (χ2n) is 4.00. The molecule has 2 heterocycles. The summed E-state index contributed by atoms with van der Waals surface area (Å²) in [6, 6.07) is -0.143. The molecule has 1 aliphatic rings. The van der Waals surface area contributed by atoms with Crippen LogP contribution < -0.4 is 5.73 Å². The lowest BCUT2D eigenvalue weighted by atomic mass is 10.0. The predicted octanol–water partition coefficient (Wildman–Crippen LogP) is 0.197. The van der Waals surface area contributed by atoms with Gasteiger partial charge < -0.3 is 10.5 Å². The van der Waals surface area contributed by atoms with E-state index in [-0.39, 0.29) is 12.1 Å². The average Bonchev–Trinajstić information content (AvgIpc) is 2.39. The summed E-state index contributed by atoms with van der Waals surface area (Å²) >= 11 is 0. The van der Waals surface area contributed by atoms with Crippen LogP contribution in [0.25, 0.3) is 0 Å². The Morgan fingerprint density at radius 1 is 1.56 bits per heavy atom. The van der Waals surface area contributed by atoms with Crippen LogP contribution in [0.2, 0.25) is 0 Å². The predicted molar refractivity (Wildman–Crippen MR) is 60.8 cm³/mol. The van der Waals surface area contributed by atoms with Crippen molar-refractivity contribution in [2.75, 3.05) is 26.2 Å². The second kappa shape index (κ2) is 5.34. The highest BCUT2D eigenvalue weighted by molar-refractivity contribution is 5.11. The fourth-order valence-corrected chi connectivity index (χ4v) is 1.93. The third-order valence-corrected chi connectivity index (χ3v) is 2.99. The summed E-state index contributed by atoms with van der Waals surface area (Å²) in [5.41, 5.74) is 7.09. The van der Waals surface area contributed by atoms with E-state index in [4.69, 9.17) is 10.5 Å². The normalized spacial score (nSPS) is 24.2. The van der Waals surface area contributed by atoms with E-state index >= 15 is 0 Å². The molecule has 5 nitrogen and oxygen atoms in total. The smallest absolute Gasteiger partial charge is 0.115 e. The molecule has 2 N–H and O–H groups in total. The van der Waals surface area contributed by atoms with E-state index in [0.29, 0.717) is 0 Å². The molecule has 2 atom stereocenters. The number of morpholine rings is 1. The summed E-state index contributed by atoms with van der Waals surface area (Å²) < 4.78 is 5.70. The molecule has 0 aliphatic carbocycles. The summed E-state index contributed by atoms with van der Waals surface area (Å²) in [6.45, 7) is 5.81. The van der Waals surface area contributed by atoms with E-state index in [0.717, 1.165) is 31.8 Å². The van der Waals surface area contributed by atoms with Crippen LogP contribution in [-0.4, -0.2) is 47.2 Å². The summed E-state index contributed by atoms with van der Waals surface area (Å²) in [6.07, 6.45) is 5.06. The summed E-state index contributed by atoms with van der Waals surface area (Å²) in [7, 11) is 0. The van der Waals surface area contributed by atoms with Crippen molar-refractivity contribution >= 4 is 0 Å². The fraction of sp³-hybridized carbons (Fsp3) is 0.636. The van der Waals surface area contributed by atoms with Gasteiger partial charge in [0.15, 0.2) is 0 Å². The van der Waals surface area contributed by atoms with Gasteiger partial charge in [0.1, 0.15) is 6.33 Å². The summed E-state index contributed by atoms with van der Waals surface area (Å²) in [5.74, 6) is 0. The topological polar surface area (TPSA) is 64.3 Å². The van der Waals surface area contributed by atoms with Gasteiger partial charge in [0.2, 0.25) is 0 Å². The molecule has 2 rings (SSSR count). The maximum Gasteiger partial charge on any atom is 0.115 e. The maximum absolute atomic E-state index is 6.15. The molecule has 0 spiro atoms. The number of hydrogen-bond acceptors (Lipinski definition) is 5. The molecule has 1 saturated heterocycles. The number of nitrogens with zero attached hydrogens (tertiary/aromatic N) is 3. The van der Waals surface area contributed by atoms with Crippen molar-refractivity contribution in [2.24, 2.45) is 5.73 Å². The minimum Gasteiger partial charge on any atom is -0.374 e. The van der Waals surface area contributed by atoms with Gasteiger partial charge in [-0.25, -0.2) is 9.97 Å². The quantitative estimate of drug-likeness (QED) is 0.791. The van der Waals surface area contributed by atoms with Crippen molar-refractivity contribution in [1.29, 1.82) is 0 Å². The average molecular weight is 222 g/mol. The van der Waals surface area contributed by atoms with Crippen LogP contribution in [0.1, 0.15) is 18.5 Å². The minimum absolute atomic E-state index is 0.0414. The number of likely N-dealkylation sites (N-methyl/N-ethyl adjacent to an activating group) is 1. The summed E-state index contributed by atoms with van der Waals surface area (Å²) in [5, 5.41) is 0. The molecule has 2 unspecified atom stereocenters. The molecular formula is C11H18N4O.